The fraction of sp³-hybridized carbons (Fsp3) is 0.583. The van der Waals surface area contributed by atoms with Crippen LogP contribution in [0.4, 0.5) is 0 Å². The molecule has 0 aromatic rings. The molecule has 0 fully saturated rings. The van der Waals surface area contributed by atoms with Gasteiger partial charge < -0.3 is 18.9 Å². The Kier molecular flexibility index (Phi) is 3.61. The maximum atomic E-state index is 11.7. The van der Waals surface area contributed by atoms with E-state index < -0.39 is 12.6 Å². The maximum absolute atomic E-state index is 11.7. The number of methoxy groups -OCH3 is 2. The van der Waals surface area contributed by atoms with E-state index in [1.54, 1.807) is 7.11 Å². The summed E-state index contributed by atoms with van der Waals surface area (Å²) in [7, 11) is 3.05. The lowest BCUT2D eigenvalue weighted by atomic mass is 9.92. The van der Waals surface area contributed by atoms with E-state index in [0.717, 1.165) is 11.1 Å². The van der Waals surface area contributed by atoms with E-state index in [0.29, 0.717) is 18.6 Å². The molecule has 0 aromatic carbocycles. The zero-order valence-corrected chi connectivity index (χ0v) is 10.2. The average Bonchev–Trinajstić information content (AvgIpc) is 2.36. The summed E-state index contributed by atoms with van der Waals surface area (Å²) >= 11 is 0. The van der Waals surface area contributed by atoms with Gasteiger partial charge in [0.05, 0.1) is 12.2 Å². The summed E-state index contributed by atoms with van der Waals surface area (Å²) < 4.78 is 21.0. The average molecular weight is 240 g/mol. The maximum Gasteiger partial charge on any atom is 0.339 e. The van der Waals surface area contributed by atoms with E-state index in [9.17, 15) is 4.79 Å². The number of rotatable bonds is 2. The fourth-order valence-electron chi connectivity index (χ4n) is 2.18. The zero-order chi connectivity index (χ0) is 12.4. The van der Waals surface area contributed by atoms with Gasteiger partial charge in [-0.05, 0) is 12.5 Å². The first kappa shape index (κ1) is 12.3. The molecule has 0 bridgehead atoms. The molecule has 2 aliphatic heterocycles. The molecule has 2 aliphatic rings. The second-order valence-electron chi connectivity index (χ2n) is 3.79. The highest BCUT2D eigenvalue weighted by Gasteiger charge is 2.39. The molecule has 0 saturated carbocycles. The highest BCUT2D eigenvalue weighted by molar-refractivity contribution is 5.92. The van der Waals surface area contributed by atoms with Crippen LogP contribution in [0.5, 0.6) is 0 Å². The van der Waals surface area contributed by atoms with E-state index in [-0.39, 0.29) is 5.97 Å². The van der Waals surface area contributed by atoms with Crippen LogP contribution >= 0.6 is 0 Å². The van der Waals surface area contributed by atoms with Crippen molar-refractivity contribution < 1.29 is 23.7 Å². The molecule has 2 atom stereocenters. The molecule has 2 rings (SSSR count). The molecule has 0 N–H and O–H groups in total. The lowest BCUT2D eigenvalue weighted by molar-refractivity contribution is -0.208. The van der Waals surface area contributed by atoms with Crippen molar-refractivity contribution in [3.05, 3.63) is 22.8 Å². The van der Waals surface area contributed by atoms with Gasteiger partial charge >= 0.3 is 5.97 Å². The summed E-state index contributed by atoms with van der Waals surface area (Å²) in [6, 6.07) is 0. The Hall–Kier alpha value is -1.17. The van der Waals surface area contributed by atoms with Gasteiger partial charge in [0.1, 0.15) is 0 Å². The molecule has 17 heavy (non-hydrogen) atoms. The van der Waals surface area contributed by atoms with Crippen molar-refractivity contribution in [2.24, 2.45) is 0 Å². The molecule has 2 heterocycles. The van der Waals surface area contributed by atoms with Crippen molar-refractivity contribution in [3.8, 4) is 0 Å². The predicted molar refractivity (Wildman–Crippen MR) is 59.0 cm³/mol. The van der Waals surface area contributed by atoms with Crippen molar-refractivity contribution in [3.63, 3.8) is 0 Å². The Labute approximate surface area is 100.0 Å². The number of hydrogen-bond donors (Lipinski definition) is 0. The van der Waals surface area contributed by atoms with Crippen LogP contribution in [0.15, 0.2) is 22.8 Å². The van der Waals surface area contributed by atoms with Gasteiger partial charge in [-0.1, -0.05) is 6.08 Å². The second-order valence-corrected chi connectivity index (χ2v) is 3.79. The Bertz CT molecular complexity index is 382. The van der Waals surface area contributed by atoms with Gasteiger partial charge in [-0.3, -0.25) is 0 Å². The molecule has 5 heteroatoms. The van der Waals surface area contributed by atoms with Crippen LogP contribution in [0.1, 0.15) is 13.3 Å². The molecule has 0 saturated heterocycles. The Morgan fingerprint density at radius 2 is 2.00 bits per heavy atom. The lowest BCUT2D eigenvalue weighted by Crippen LogP contribution is -2.40. The highest BCUT2D eigenvalue weighted by Crippen LogP contribution is 2.36. The largest absolute Gasteiger partial charge is 0.462 e. The van der Waals surface area contributed by atoms with E-state index >= 15 is 0 Å². The molecular formula is C12H16O5. The number of hydrogen-bond acceptors (Lipinski definition) is 5. The molecule has 5 nitrogen and oxygen atoms in total. The van der Waals surface area contributed by atoms with Crippen molar-refractivity contribution >= 4 is 5.97 Å². The lowest BCUT2D eigenvalue weighted by Gasteiger charge is -2.35. The summed E-state index contributed by atoms with van der Waals surface area (Å²) in [6.45, 7) is 2.28. The first-order chi connectivity index (χ1) is 8.22. The van der Waals surface area contributed by atoms with Crippen molar-refractivity contribution in [2.45, 2.75) is 25.9 Å². The van der Waals surface area contributed by atoms with Gasteiger partial charge in [0, 0.05) is 26.2 Å². The predicted octanol–water partition coefficient (Wildman–Crippen LogP) is 1.15. The Morgan fingerprint density at radius 1 is 1.29 bits per heavy atom. The third-order valence-electron chi connectivity index (χ3n) is 2.95. The first-order valence-electron chi connectivity index (χ1n) is 5.50. The molecule has 0 aromatic heterocycles. The van der Waals surface area contributed by atoms with Crippen molar-refractivity contribution in [1.82, 2.24) is 0 Å². The summed E-state index contributed by atoms with van der Waals surface area (Å²) in [5.41, 5.74) is 2.27. The Morgan fingerprint density at radius 3 is 2.59 bits per heavy atom. The summed E-state index contributed by atoms with van der Waals surface area (Å²) in [4.78, 5) is 11.7. The van der Waals surface area contributed by atoms with Crippen LogP contribution in [0.3, 0.4) is 0 Å². The molecule has 0 amide bonds. The minimum atomic E-state index is -0.716. The van der Waals surface area contributed by atoms with Crippen molar-refractivity contribution in [2.75, 3.05) is 20.8 Å². The van der Waals surface area contributed by atoms with Crippen LogP contribution < -0.4 is 0 Å². The Balaban J connectivity index is 2.48. The zero-order valence-electron chi connectivity index (χ0n) is 10.2. The van der Waals surface area contributed by atoms with Gasteiger partial charge in [-0.15, -0.1) is 0 Å². The van der Waals surface area contributed by atoms with Crippen molar-refractivity contribution in [1.29, 1.82) is 0 Å². The summed E-state index contributed by atoms with van der Waals surface area (Å²) in [5.74, 6) is -0.369. The van der Waals surface area contributed by atoms with Crippen LogP contribution in [-0.4, -0.2) is 39.4 Å². The third kappa shape index (κ3) is 2.01. The number of carbonyl (C=O) groups is 1. The third-order valence-corrected chi connectivity index (χ3v) is 2.95. The molecular weight excluding hydrogens is 224 g/mol. The van der Waals surface area contributed by atoms with Gasteiger partial charge in [0.15, 0.2) is 12.6 Å². The highest BCUT2D eigenvalue weighted by atomic mass is 16.8. The van der Waals surface area contributed by atoms with Gasteiger partial charge in [0.25, 0.3) is 0 Å². The monoisotopic (exact) mass is 240 g/mol. The summed E-state index contributed by atoms with van der Waals surface area (Å²) in [5, 5.41) is 0. The smallest absolute Gasteiger partial charge is 0.339 e. The SMILES string of the molecule is C/C=C1/C2=C(C(=O)OCC2)[C@@H](OC)O[C@H]1OC. The molecule has 0 unspecified atom stereocenters. The van der Waals surface area contributed by atoms with Crippen LogP contribution in [-0.2, 0) is 23.7 Å². The second kappa shape index (κ2) is 5.00. The fourth-order valence-corrected chi connectivity index (χ4v) is 2.18. The molecule has 0 spiro atoms. The molecule has 0 radical (unpaired) electrons. The van der Waals surface area contributed by atoms with Gasteiger partial charge in [0.2, 0.25) is 0 Å². The van der Waals surface area contributed by atoms with Crippen LogP contribution in [0.25, 0.3) is 0 Å². The number of esters is 1. The number of ether oxygens (including phenoxy) is 4. The van der Waals surface area contributed by atoms with Crippen LogP contribution in [0.2, 0.25) is 0 Å². The summed E-state index contributed by atoms with van der Waals surface area (Å²) in [6.07, 6.45) is 1.36. The topological polar surface area (TPSA) is 54.0 Å². The standard InChI is InChI=1S/C12H16O5/c1-4-7-8-5-6-16-10(13)9(8)12(15-3)17-11(7)14-2/h4,11-12H,5-6H2,1-3H3/b7-4-/t11-,12+/m1/s1. The number of allylic oxidation sites excluding steroid dienone is 1. The van der Waals surface area contributed by atoms with Gasteiger partial charge in [-0.2, -0.15) is 0 Å². The van der Waals surface area contributed by atoms with E-state index in [4.69, 9.17) is 18.9 Å². The normalized spacial score (nSPS) is 31.5. The molecule has 0 aliphatic carbocycles. The minimum absolute atomic E-state index is 0.369. The van der Waals surface area contributed by atoms with Gasteiger partial charge in [-0.25, -0.2) is 4.79 Å². The minimum Gasteiger partial charge on any atom is -0.462 e. The van der Waals surface area contributed by atoms with Crippen LogP contribution in [0, 0.1) is 0 Å². The van der Waals surface area contributed by atoms with E-state index in [1.807, 2.05) is 13.0 Å². The molecule has 94 valence electrons. The van der Waals surface area contributed by atoms with E-state index in [1.165, 1.54) is 7.11 Å². The number of carbonyl (C=O) groups excluding carboxylic acids is 1. The first-order valence-corrected chi connectivity index (χ1v) is 5.50. The number of cyclic esters (lactones) is 1. The quantitative estimate of drug-likeness (QED) is 0.678. The van der Waals surface area contributed by atoms with E-state index in [2.05, 4.69) is 0 Å².